The molecule has 5 nitrogen and oxygen atoms in total. The molecule has 6 heteroatoms. The number of imidazole rings is 1. The van der Waals surface area contributed by atoms with E-state index in [0.717, 1.165) is 31.3 Å². The molecule has 0 aliphatic carbocycles. The molecular formula is C24H32IN5. The molecule has 0 amide bonds. The Labute approximate surface area is 197 Å². The van der Waals surface area contributed by atoms with Gasteiger partial charge in [-0.05, 0) is 30.4 Å². The maximum atomic E-state index is 4.50. The highest BCUT2D eigenvalue weighted by atomic mass is 127. The molecule has 0 bridgehead atoms. The van der Waals surface area contributed by atoms with Gasteiger partial charge < -0.3 is 15.2 Å². The lowest BCUT2D eigenvalue weighted by Gasteiger charge is -2.17. The topological polar surface area (TPSA) is 54.2 Å². The van der Waals surface area contributed by atoms with Crippen molar-refractivity contribution in [3.05, 3.63) is 89.5 Å². The Balaban J connectivity index is 0.00000320. The zero-order chi connectivity index (χ0) is 20.5. The molecule has 0 aliphatic heterocycles. The number of hydrogen-bond donors (Lipinski definition) is 2. The second-order valence-corrected chi connectivity index (χ2v) is 7.39. The fourth-order valence-corrected chi connectivity index (χ4v) is 3.25. The van der Waals surface area contributed by atoms with Crippen LogP contribution in [0.25, 0.3) is 0 Å². The fraction of sp³-hybridized carbons (Fsp3) is 0.333. The number of nitrogens with zero attached hydrogens (tertiary/aromatic N) is 3. The van der Waals surface area contributed by atoms with Gasteiger partial charge >= 0.3 is 0 Å². The molecule has 1 heterocycles. The summed E-state index contributed by atoms with van der Waals surface area (Å²) in [4.78, 5) is 8.85. The lowest BCUT2D eigenvalue weighted by molar-refractivity contribution is 0.630. The molecule has 0 radical (unpaired) electrons. The van der Waals surface area contributed by atoms with E-state index in [1.807, 2.05) is 18.5 Å². The number of nitrogens with one attached hydrogen (secondary N) is 2. The zero-order valence-corrected chi connectivity index (χ0v) is 20.3. The second-order valence-electron chi connectivity index (χ2n) is 7.39. The summed E-state index contributed by atoms with van der Waals surface area (Å²) in [5, 5.41) is 6.81. The second kappa shape index (κ2) is 12.4. The van der Waals surface area contributed by atoms with E-state index in [0.29, 0.717) is 12.5 Å². The predicted octanol–water partition coefficient (Wildman–Crippen LogP) is 4.52. The zero-order valence-electron chi connectivity index (χ0n) is 18.0. The lowest BCUT2D eigenvalue weighted by atomic mass is 10.0. The monoisotopic (exact) mass is 517 g/mol. The number of aliphatic imine (C=N–C) groups is 1. The van der Waals surface area contributed by atoms with Gasteiger partial charge in [-0.15, -0.1) is 24.0 Å². The van der Waals surface area contributed by atoms with Gasteiger partial charge in [0, 0.05) is 32.5 Å². The molecule has 1 unspecified atom stereocenters. The molecule has 0 aliphatic rings. The molecule has 2 N–H and O–H groups in total. The number of halogens is 1. The smallest absolute Gasteiger partial charge is 0.191 e. The summed E-state index contributed by atoms with van der Waals surface area (Å²) in [6.07, 6.45) is 4.89. The van der Waals surface area contributed by atoms with E-state index in [1.165, 1.54) is 16.7 Å². The van der Waals surface area contributed by atoms with E-state index in [4.69, 9.17) is 0 Å². The molecule has 3 aromatic rings. The average Bonchev–Trinajstić information content (AvgIpc) is 3.21. The van der Waals surface area contributed by atoms with Gasteiger partial charge in [-0.3, -0.25) is 4.99 Å². The first-order chi connectivity index (χ1) is 14.2. The van der Waals surface area contributed by atoms with E-state index in [2.05, 4.69) is 87.6 Å². The van der Waals surface area contributed by atoms with Gasteiger partial charge in [0.25, 0.3) is 0 Å². The van der Waals surface area contributed by atoms with Gasteiger partial charge in [0.15, 0.2) is 5.96 Å². The van der Waals surface area contributed by atoms with Gasteiger partial charge in [-0.25, -0.2) is 4.98 Å². The Morgan fingerprint density at radius 2 is 1.80 bits per heavy atom. The number of guanidine groups is 1. The maximum absolute atomic E-state index is 4.50. The molecule has 30 heavy (non-hydrogen) atoms. The van der Waals surface area contributed by atoms with Crippen LogP contribution in [0.1, 0.15) is 35.4 Å². The van der Waals surface area contributed by atoms with Crippen LogP contribution in [0.2, 0.25) is 0 Å². The first-order valence-electron chi connectivity index (χ1n) is 10.2. The summed E-state index contributed by atoms with van der Waals surface area (Å²) >= 11 is 0. The van der Waals surface area contributed by atoms with Crippen molar-refractivity contribution in [2.75, 3.05) is 13.6 Å². The first-order valence-corrected chi connectivity index (χ1v) is 10.2. The minimum Gasteiger partial charge on any atom is -0.356 e. The highest BCUT2D eigenvalue weighted by Gasteiger charge is 2.08. The molecule has 3 rings (SSSR count). The van der Waals surface area contributed by atoms with Crippen molar-refractivity contribution in [3.8, 4) is 0 Å². The molecule has 0 fully saturated rings. The minimum absolute atomic E-state index is 0. The number of aromatic nitrogens is 2. The Hall–Kier alpha value is -2.35. The Kier molecular flexibility index (Phi) is 9.86. The van der Waals surface area contributed by atoms with Gasteiger partial charge in [-0.1, -0.05) is 67.1 Å². The normalized spacial score (nSPS) is 12.2. The summed E-state index contributed by atoms with van der Waals surface area (Å²) in [5.74, 6) is 2.21. The van der Waals surface area contributed by atoms with Gasteiger partial charge in [0.2, 0.25) is 0 Å². The van der Waals surface area contributed by atoms with Crippen molar-refractivity contribution in [1.29, 1.82) is 0 Å². The van der Waals surface area contributed by atoms with Crippen molar-refractivity contribution >= 4 is 29.9 Å². The number of hydrogen-bond acceptors (Lipinski definition) is 2. The van der Waals surface area contributed by atoms with Crippen LogP contribution in [0.5, 0.6) is 0 Å². The van der Waals surface area contributed by atoms with E-state index in [1.54, 1.807) is 7.05 Å². The van der Waals surface area contributed by atoms with Crippen molar-refractivity contribution in [2.45, 2.75) is 39.3 Å². The third-order valence-corrected chi connectivity index (χ3v) is 5.15. The molecule has 0 spiro atoms. The third kappa shape index (κ3) is 7.16. The van der Waals surface area contributed by atoms with E-state index in [-0.39, 0.29) is 24.0 Å². The third-order valence-electron chi connectivity index (χ3n) is 5.15. The van der Waals surface area contributed by atoms with E-state index >= 15 is 0 Å². The summed E-state index contributed by atoms with van der Waals surface area (Å²) in [6.45, 7) is 6.71. The van der Waals surface area contributed by atoms with Gasteiger partial charge in [0.1, 0.15) is 5.82 Å². The largest absolute Gasteiger partial charge is 0.356 e. The highest BCUT2D eigenvalue weighted by Crippen LogP contribution is 2.14. The molecular weight excluding hydrogens is 485 g/mol. The Bertz CT molecular complexity index is 903. The summed E-state index contributed by atoms with van der Waals surface area (Å²) in [7, 11) is 1.80. The van der Waals surface area contributed by atoms with Crippen LogP contribution in [0.4, 0.5) is 0 Å². The van der Waals surface area contributed by atoms with E-state index < -0.39 is 0 Å². The Morgan fingerprint density at radius 1 is 1.07 bits per heavy atom. The number of benzene rings is 2. The fourth-order valence-electron chi connectivity index (χ4n) is 3.25. The van der Waals surface area contributed by atoms with Gasteiger partial charge in [0.05, 0.1) is 6.54 Å². The van der Waals surface area contributed by atoms with Crippen molar-refractivity contribution in [1.82, 2.24) is 20.2 Å². The van der Waals surface area contributed by atoms with Gasteiger partial charge in [-0.2, -0.15) is 0 Å². The first kappa shape index (κ1) is 23.9. The standard InChI is InChI=1S/C24H31N5.HI/c1-19-9-11-22(12-10-19)20(2)17-27-24(25-3)28-18-23-26-14-16-29(23)15-13-21-7-5-4-6-8-21;/h4-12,14,16,20H,13,15,17-18H2,1-3H3,(H2,25,27,28);1H. The van der Waals surface area contributed by atoms with Crippen molar-refractivity contribution < 1.29 is 0 Å². The SMILES string of the molecule is CN=C(NCc1nccn1CCc1ccccc1)NCC(C)c1ccc(C)cc1.I. The number of rotatable bonds is 8. The van der Waals surface area contributed by atoms with Crippen LogP contribution >= 0.6 is 24.0 Å². The summed E-state index contributed by atoms with van der Waals surface area (Å²) in [5.41, 5.74) is 3.95. The van der Waals surface area contributed by atoms with Crippen LogP contribution in [0.3, 0.4) is 0 Å². The molecule has 1 atom stereocenters. The molecule has 0 saturated carbocycles. The van der Waals surface area contributed by atoms with Crippen LogP contribution in [0.15, 0.2) is 72.0 Å². The van der Waals surface area contributed by atoms with Crippen LogP contribution in [-0.2, 0) is 19.5 Å². The Morgan fingerprint density at radius 3 is 2.50 bits per heavy atom. The molecule has 160 valence electrons. The molecule has 0 saturated heterocycles. The van der Waals surface area contributed by atoms with Crippen LogP contribution in [0, 0.1) is 6.92 Å². The van der Waals surface area contributed by atoms with Crippen LogP contribution in [-0.4, -0.2) is 29.1 Å². The predicted molar refractivity (Wildman–Crippen MR) is 136 cm³/mol. The maximum Gasteiger partial charge on any atom is 0.191 e. The van der Waals surface area contributed by atoms with Crippen molar-refractivity contribution in [2.24, 2.45) is 4.99 Å². The highest BCUT2D eigenvalue weighted by molar-refractivity contribution is 14.0. The van der Waals surface area contributed by atoms with Crippen LogP contribution < -0.4 is 10.6 Å². The molecule has 2 aromatic carbocycles. The minimum atomic E-state index is 0. The molecule has 1 aromatic heterocycles. The van der Waals surface area contributed by atoms with E-state index in [9.17, 15) is 0 Å². The summed E-state index contributed by atoms with van der Waals surface area (Å²) in [6, 6.07) is 19.3. The lowest BCUT2D eigenvalue weighted by Crippen LogP contribution is -2.39. The number of aryl methyl sites for hydroxylation is 3. The quantitative estimate of drug-likeness (QED) is 0.263. The average molecular weight is 517 g/mol. The summed E-state index contributed by atoms with van der Waals surface area (Å²) < 4.78 is 2.20. The van der Waals surface area contributed by atoms with Crippen molar-refractivity contribution in [3.63, 3.8) is 0 Å².